The van der Waals surface area contributed by atoms with Crippen LogP contribution in [0.25, 0.3) is 0 Å². The van der Waals surface area contributed by atoms with Crippen LogP contribution in [0.2, 0.25) is 0 Å². The van der Waals surface area contributed by atoms with E-state index < -0.39 is 0 Å². The van der Waals surface area contributed by atoms with Crippen molar-refractivity contribution in [2.24, 2.45) is 23.7 Å². The van der Waals surface area contributed by atoms with Gasteiger partial charge in [-0.15, -0.1) is 0 Å². The van der Waals surface area contributed by atoms with Crippen LogP contribution < -0.4 is 5.32 Å². The van der Waals surface area contributed by atoms with Gasteiger partial charge in [0.15, 0.2) is 0 Å². The fourth-order valence-corrected chi connectivity index (χ4v) is 4.01. The van der Waals surface area contributed by atoms with Gasteiger partial charge < -0.3 is 15.0 Å². The zero-order valence-electron chi connectivity index (χ0n) is 14.9. The quantitative estimate of drug-likeness (QED) is 0.670. The van der Waals surface area contributed by atoms with Gasteiger partial charge in [0, 0.05) is 26.3 Å². The van der Waals surface area contributed by atoms with Crippen molar-refractivity contribution in [3.8, 4) is 0 Å². The summed E-state index contributed by atoms with van der Waals surface area (Å²) in [4.78, 5) is 31.4. The van der Waals surface area contributed by atoms with Crippen LogP contribution in [0, 0.1) is 23.7 Å². The molecule has 1 fully saturated rings. The summed E-state index contributed by atoms with van der Waals surface area (Å²) in [5, 5.41) is 2.97. The first-order chi connectivity index (χ1) is 12.1. The molecular formula is C19H25N3O3. The maximum absolute atomic E-state index is 13.0. The van der Waals surface area contributed by atoms with Gasteiger partial charge in [-0.2, -0.15) is 0 Å². The molecule has 0 aromatic carbocycles. The maximum Gasteiger partial charge on any atom is 0.309 e. The first kappa shape index (κ1) is 17.5. The van der Waals surface area contributed by atoms with E-state index in [1.165, 1.54) is 0 Å². The predicted octanol–water partition coefficient (Wildman–Crippen LogP) is 2.20. The van der Waals surface area contributed by atoms with Crippen LogP contribution >= 0.6 is 0 Å². The molecule has 1 aliphatic carbocycles. The highest BCUT2D eigenvalue weighted by molar-refractivity contribution is 5.99. The van der Waals surface area contributed by atoms with Crippen LogP contribution in [0.15, 0.2) is 30.5 Å². The summed E-state index contributed by atoms with van der Waals surface area (Å²) in [6.07, 6.45) is 5.90. The summed E-state index contributed by atoms with van der Waals surface area (Å²) in [7, 11) is 1.75. The minimum atomic E-state index is -0.189. The van der Waals surface area contributed by atoms with Gasteiger partial charge in [0.05, 0.1) is 18.1 Å². The molecule has 0 spiro atoms. The number of allylic oxidation sites excluding steroid dienone is 1. The maximum atomic E-state index is 13.0. The predicted molar refractivity (Wildman–Crippen MR) is 95.1 cm³/mol. The number of rotatable bonds is 4. The molecule has 6 nitrogen and oxygen atoms in total. The number of anilines is 1. The lowest BCUT2D eigenvalue weighted by molar-refractivity contribution is -0.152. The summed E-state index contributed by atoms with van der Waals surface area (Å²) in [6.45, 7) is 5.44. The summed E-state index contributed by atoms with van der Waals surface area (Å²) in [6, 6.07) is 3.55. The number of nitrogens with one attached hydrogen (secondary N) is 1. The Balaban J connectivity index is 1.81. The highest BCUT2D eigenvalue weighted by atomic mass is 16.5. The Hall–Kier alpha value is -2.37. The molecule has 0 saturated carbocycles. The molecule has 0 unspecified atom stereocenters. The van der Waals surface area contributed by atoms with E-state index >= 15 is 0 Å². The standard InChI is InChI=1S/C19H25N3O3/c1-4-25-19(24)16-12(2)7-8-13-10-22(11-15(13)16)18(23)14-6-5-9-21-17(14)20-3/h5-9,12-13,15-16H,4,10-11H2,1-3H3,(H,20,21)/t12-,13-,15-,16-/m0/s1. The molecule has 134 valence electrons. The minimum Gasteiger partial charge on any atom is -0.466 e. The van der Waals surface area contributed by atoms with Crippen molar-refractivity contribution in [3.05, 3.63) is 36.0 Å². The van der Waals surface area contributed by atoms with Gasteiger partial charge >= 0.3 is 5.97 Å². The van der Waals surface area contributed by atoms with E-state index in [9.17, 15) is 9.59 Å². The average molecular weight is 343 g/mol. The number of pyridine rings is 1. The van der Waals surface area contributed by atoms with Gasteiger partial charge in [0.2, 0.25) is 0 Å². The fourth-order valence-electron chi connectivity index (χ4n) is 4.01. The van der Waals surface area contributed by atoms with Crippen molar-refractivity contribution >= 4 is 17.7 Å². The third-order valence-corrected chi connectivity index (χ3v) is 5.22. The van der Waals surface area contributed by atoms with E-state index in [4.69, 9.17) is 4.74 Å². The van der Waals surface area contributed by atoms with E-state index in [1.807, 2.05) is 18.7 Å². The second-order valence-electron chi connectivity index (χ2n) is 6.71. The van der Waals surface area contributed by atoms with Crippen molar-refractivity contribution in [1.29, 1.82) is 0 Å². The lowest BCUT2D eigenvalue weighted by Crippen LogP contribution is -2.37. The molecule has 1 aliphatic heterocycles. The lowest BCUT2D eigenvalue weighted by Gasteiger charge is -2.31. The van der Waals surface area contributed by atoms with Crippen LogP contribution in [0.5, 0.6) is 0 Å². The molecule has 2 aliphatic rings. The highest BCUT2D eigenvalue weighted by Crippen LogP contribution is 2.40. The molecule has 0 bridgehead atoms. The Morgan fingerprint density at radius 2 is 2.16 bits per heavy atom. The number of likely N-dealkylation sites (tertiary alicyclic amines) is 1. The normalized spacial score (nSPS) is 27.7. The SMILES string of the molecule is CCOC(=O)[C@@H]1[C@H]2CN(C(=O)c3cccnc3NC)C[C@@H]2C=C[C@@H]1C. The second-order valence-corrected chi connectivity index (χ2v) is 6.71. The van der Waals surface area contributed by atoms with Gasteiger partial charge in [-0.25, -0.2) is 4.98 Å². The first-order valence-corrected chi connectivity index (χ1v) is 8.83. The molecule has 1 aromatic rings. The fraction of sp³-hybridized carbons (Fsp3) is 0.526. The molecule has 4 atom stereocenters. The molecular weight excluding hydrogens is 318 g/mol. The van der Waals surface area contributed by atoms with Crippen LogP contribution in [-0.2, 0) is 9.53 Å². The molecule has 1 amide bonds. The molecule has 0 radical (unpaired) electrons. The monoisotopic (exact) mass is 343 g/mol. The smallest absolute Gasteiger partial charge is 0.309 e. The number of ether oxygens (including phenoxy) is 1. The average Bonchev–Trinajstić information content (AvgIpc) is 3.05. The molecule has 25 heavy (non-hydrogen) atoms. The number of aromatic nitrogens is 1. The molecule has 1 saturated heterocycles. The molecule has 1 N–H and O–H groups in total. The van der Waals surface area contributed by atoms with Gasteiger partial charge in [0.1, 0.15) is 5.82 Å². The Kier molecular flexibility index (Phi) is 5.06. The molecule has 6 heteroatoms. The minimum absolute atomic E-state index is 0.0458. The number of esters is 1. The van der Waals surface area contributed by atoms with Crippen molar-refractivity contribution in [2.45, 2.75) is 13.8 Å². The number of carbonyl (C=O) groups excluding carboxylic acids is 2. The Morgan fingerprint density at radius 1 is 1.36 bits per heavy atom. The Bertz CT molecular complexity index is 688. The number of hydrogen-bond donors (Lipinski definition) is 1. The van der Waals surface area contributed by atoms with Crippen LogP contribution in [0.1, 0.15) is 24.2 Å². The van der Waals surface area contributed by atoms with E-state index in [0.29, 0.717) is 31.1 Å². The second kappa shape index (κ2) is 7.25. The Morgan fingerprint density at radius 3 is 2.88 bits per heavy atom. The lowest BCUT2D eigenvalue weighted by atomic mass is 9.72. The van der Waals surface area contributed by atoms with Crippen molar-refractivity contribution < 1.29 is 14.3 Å². The van der Waals surface area contributed by atoms with Crippen molar-refractivity contribution in [1.82, 2.24) is 9.88 Å². The number of hydrogen-bond acceptors (Lipinski definition) is 5. The van der Waals surface area contributed by atoms with E-state index in [-0.39, 0.29) is 35.5 Å². The van der Waals surface area contributed by atoms with E-state index in [0.717, 1.165) is 0 Å². The first-order valence-electron chi connectivity index (χ1n) is 8.83. The van der Waals surface area contributed by atoms with E-state index in [2.05, 4.69) is 22.5 Å². The number of nitrogens with zero attached hydrogens (tertiary/aromatic N) is 2. The van der Waals surface area contributed by atoms with Gasteiger partial charge in [-0.1, -0.05) is 19.1 Å². The third kappa shape index (κ3) is 3.25. The van der Waals surface area contributed by atoms with Gasteiger partial charge in [-0.3, -0.25) is 9.59 Å². The largest absolute Gasteiger partial charge is 0.466 e. The van der Waals surface area contributed by atoms with Crippen molar-refractivity contribution in [2.75, 3.05) is 32.1 Å². The topological polar surface area (TPSA) is 71.5 Å². The number of amides is 1. The summed E-state index contributed by atoms with van der Waals surface area (Å²) >= 11 is 0. The number of carbonyl (C=O) groups is 2. The van der Waals surface area contributed by atoms with Crippen LogP contribution in [-0.4, -0.2) is 48.5 Å². The highest BCUT2D eigenvalue weighted by Gasteiger charge is 2.46. The zero-order chi connectivity index (χ0) is 18.0. The third-order valence-electron chi connectivity index (χ3n) is 5.22. The van der Waals surface area contributed by atoms with E-state index in [1.54, 1.807) is 25.4 Å². The summed E-state index contributed by atoms with van der Waals surface area (Å²) in [5.41, 5.74) is 0.563. The molecule has 1 aromatic heterocycles. The molecule has 2 heterocycles. The van der Waals surface area contributed by atoms with Gasteiger partial charge in [-0.05, 0) is 36.8 Å². The number of fused-ring (bicyclic) bond motifs is 1. The summed E-state index contributed by atoms with van der Waals surface area (Å²) < 4.78 is 5.28. The van der Waals surface area contributed by atoms with Crippen LogP contribution in [0.3, 0.4) is 0 Å². The van der Waals surface area contributed by atoms with Gasteiger partial charge in [0.25, 0.3) is 5.91 Å². The van der Waals surface area contributed by atoms with Crippen molar-refractivity contribution in [3.63, 3.8) is 0 Å². The molecule has 3 rings (SSSR count). The zero-order valence-corrected chi connectivity index (χ0v) is 14.9. The summed E-state index contributed by atoms with van der Waals surface area (Å²) in [5.74, 6) is 0.624. The van der Waals surface area contributed by atoms with Crippen LogP contribution in [0.4, 0.5) is 5.82 Å². The Labute approximate surface area is 148 Å².